The Kier molecular flexibility index (Phi) is 7.01. The van der Waals surface area contributed by atoms with Gasteiger partial charge in [-0.2, -0.15) is 5.26 Å². The number of rotatable bonds is 5. The quantitative estimate of drug-likeness (QED) is 0.389. The molecule has 102 valence electrons. The van der Waals surface area contributed by atoms with Gasteiger partial charge in [-0.05, 0) is 37.0 Å². The van der Waals surface area contributed by atoms with E-state index in [4.69, 9.17) is 5.26 Å². The zero-order valence-electron chi connectivity index (χ0n) is 11.7. The van der Waals surface area contributed by atoms with Crippen LogP contribution in [0.15, 0.2) is 29.3 Å². The molecule has 5 heteroatoms. The van der Waals surface area contributed by atoms with Crippen LogP contribution in [0.2, 0.25) is 0 Å². The van der Waals surface area contributed by atoms with Gasteiger partial charge in [-0.3, -0.25) is 10.2 Å². The van der Waals surface area contributed by atoms with Crippen molar-refractivity contribution in [2.75, 3.05) is 19.3 Å². The maximum absolute atomic E-state index is 8.62. The Morgan fingerprint density at radius 2 is 2.16 bits per heavy atom. The van der Waals surface area contributed by atoms with Gasteiger partial charge < -0.3 is 0 Å². The van der Waals surface area contributed by atoms with Gasteiger partial charge in [0.05, 0.1) is 5.69 Å². The molecule has 0 radical (unpaired) electrons. The highest BCUT2D eigenvalue weighted by Gasteiger charge is 2.02. The van der Waals surface area contributed by atoms with Crippen LogP contribution in [0.3, 0.4) is 0 Å². The van der Waals surface area contributed by atoms with Crippen LogP contribution >= 0.6 is 11.8 Å². The van der Waals surface area contributed by atoms with Crippen LogP contribution in [0.25, 0.3) is 0 Å². The molecule has 4 nitrogen and oxygen atoms in total. The van der Waals surface area contributed by atoms with Gasteiger partial charge in [0.1, 0.15) is 0 Å². The standard InChI is InChI=1S/C14H20N4S/c1-4-18(5-2)10-12-7-6-8-13(9-12)17-14(19-3)16-11-15/h6-9H,4-5,10H2,1-3H3,(H,16,17). The van der Waals surface area contributed by atoms with Gasteiger partial charge in [0.15, 0.2) is 11.4 Å². The topological polar surface area (TPSA) is 51.4 Å². The molecule has 0 fully saturated rings. The van der Waals surface area contributed by atoms with Gasteiger partial charge in [-0.25, -0.2) is 4.99 Å². The van der Waals surface area contributed by atoms with Crippen molar-refractivity contribution < 1.29 is 0 Å². The summed E-state index contributed by atoms with van der Waals surface area (Å²) in [6.45, 7) is 7.32. The van der Waals surface area contributed by atoms with Crippen LogP contribution in [-0.4, -0.2) is 29.4 Å². The lowest BCUT2D eigenvalue weighted by Gasteiger charge is -2.18. The summed E-state index contributed by atoms with van der Waals surface area (Å²) in [7, 11) is 0. The second-order valence-electron chi connectivity index (χ2n) is 3.99. The number of hydrogen-bond donors (Lipinski definition) is 1. The third kappa shape index (κ3) is 5.33. The van der Waals surface area contributed by atoms with E-state index in [9.17, 15) is 0 Å². The van der Waals surface area contributed by atoms with E-state index in [-0.39, 0.29) is 0 Å². The minimum atomic E-state index is 0.613. The normalized spacial score (nSPS) is 11.4. The number of amidine groups is 1. The number of nitrogens with zero attached hydrogens (tertiary/aromatic N) is 3. The lowest BCUT2D eigenvalue weighted by atomic mass is 10.2. The molecule has 0 heterocycles. The van der Waals surface area contributed by atoms with Crippen molar-refractivity contribution in [3.63, 3.8) is 0 Å². The number of benzene rings is 1. The monoisotopic (exact) mass is 276 g/mol. The summed E-state index contributed by atoms with van der Waals surface area (Å²) >= 11 is 1.42. The highest BCUT2D eigenvalue weighted by atomic mass is 32.2. The number of thioether (sulfide) groups is 1. The third-order valence-electron chi connectivity index (χ3n) is 2.80. The molecule has 19 heavy (non-hydrogen) atoms. The van der Waals surface area contributed by atoms with Crippen molar-refractivity contribution in [2.45, 2.75) is 20.4 Å². The Morgan fingerprint density at radius 1 is 1.42 bits per heavy atom. The van der Waals surface area contributed by atoms with Crippen molar-refractivity contribution in [1.82, 2.24) is 10.2 Å². The van der Waals surface area contributed by atoms with Crippen molar-refractivity contribution in [3.8, 4) is 6.19 Å². The van der Waals surface area contributed by atoms with Gasteiger partial charge in [0.2, 0.25) is 0 Å². The van der Waals surface area contributed by atoms with Gasteiger partial charge in [-0.15, -0.1) is 0 Å². The minimum absolute atomic E-state index is 0.613. The van der Waals surface area contributed by atoms with Crippen LogP contribution < -0.4 is 5.32 Å². The predicted octanol–water partition coefficient (Wildman–Crippen LogP) is 2.95. The molecular weight excluding hydrogens is 256 g/mol. The summed E-state index contributed by atoms with van der Waals surface area (Å²) in [5.74, 6) is 0. The minimum Gasteiger partial charge on any atom is -0.300 e. The second-order valence-corrected chi connectivity index (χ2v) is 4.78. The van der Waals surface area contributed by atoms with Gasteiger partial charge in [-0.1, -0.05) is 37.7 Å². The highest BCUT2D eigenvalue weighted by Crippen LogP contribution is 2.17. The SMILES string of the molecule is CCN(CC)Cc1cccc(N=C(NC#N)SC)c1. The summed E-state index contributed by atoms with van der Waals surface area (Å²) in [5, 5.41) is 11.8. The highest BCUT2D eigenvalue weighted by molar-refractivity contribution is 8.13. The number of aliphatic imine (C=N–C) groups is 1. The molecule has 1 rings (SSSR count). The molecule has 1 aromatic rings. The Labute approximate surface area is 119 Å². The molecule has 0 aliphatic heterocycles. The van der Waals surface area contributed by atoms with Crippen LogP contribution in [0.4, 0.5) is 5.69 Å². The van der Waals surface area contributed by atoms with Crippen molar-refractivity contribution in [1.29, 1.82) is 5.26 Å². The molecule has 0 saturated carbocycles. The molecule has 0 atom stereocenters. The maximum Gasteiger partial charge on any atom is 0.183 e. The molecule has 0 saturated heterocycles. The van der Waals surface area contributed by atoms with Crippen molar-refractivity contribution in [2.24, 2.45) is 4.99 Å². The average molecular weight is 276 g/mol. The van der Waals surface area contributed by atoms with Gasteiger partial charge in [0.25, 0.3) is 0 Å². The zero-order chi connectivity index (χ0) is 14.1. The predicted molar refractivity (Wildman–Crippen MR) is 82.4 cm³/mol. The van der Waals surface area contributed by atoms with E-state index in [1.807, 2.05) is 24.6 Å². The third-order valence-corrected chi connectivity index (χ3v) is 3.38. The summed E-state index contributed by atoms with van der Waals surface area (Å²) in [5.41, 5.74) is 2.11. The van der Waals surface area contributed by atoms with E-state index in [1.165, 1.54) is 17.3 Å². The van der Waals surface area contributed by atoms with E-state index in [1.54, 1.807) is 0 Å². The summed E-state index contributed by atoms with van der Waals surface area (Å²) in [4.78, 5) is 6.77. The Bertz CT molecular complexity index is 461. The summed E-state index contributed by atoms with van der Waals surface area (Å²) in [6, 6.07) is 8.12. The van der Waals surface area contributed by atoms with E-state index in [0.717, 1.165) is 25.3 Å². The largest absolute Gasteiger partial charge is 0.300 e. The molecule has 0 unspecified atom stereocenters. The summed E-state index contributed by atoms with van der Waals surface area (Å²) in [6.07, 6.45) is 3.79. The molecule has 0 aliphatic carbocycles. The molecule has 0 aliphatic rings. The van der Waals surface area contributed by atoms with Crippen molar-refractivity contribution >= 4 is 22.6 Å². The Balaban J connectivity index is 2.85. The van der Waals surface area contributed by atoms with E-state index in [2.05, 4.69) is 41.2 Å². The van der Waals surface area contributed by atoms with E-state index >= 15 is 0 Å². The number of hydrogen-bond acceptors (Lipinski definition) is 4. The maximum atomic E-state index is 8.62. The van der Waals surface area contributed by atoms with Crippen LogP contribution in [0.1, 0.15) is 19.4 Å². The molecule has 0 bridgehead atoms. The van der Waals surface area contributed by atoms with Crippen molar-refractivity contribution in [3.05, 3.63) is 29.8 Å². The van der Waals surface area contributed by atoms with Crippen LogP contribution in [-0.2, 0) is 6.54 Å². The van der Waals surface area contributed by atoms with Crippen LogP contribution in [0.5, 0.6) is 0 Å². The molecule has 0 amide bonds. The fraction of sp³-hybridized carbons (Fsp3) is 0.429. The summed E-state index contributed by atoms with van der Waals surface area (Å²) < 4.78 is 0. The lowest BCUT2D eigenvalue weighted by molar-refractivity contribution is 0.296. The van der Waals surface area contributed by atoms with Crippen LogP contribution in [0, 0.1) is 11.5 Å². The fourth-order valence-corrected chi connectivity index (χ4v) is 2.06. The molecule has 1 aromatic carbocycles. The molecular formula is C14H20N4S. The first-order valence-corrected chi connectivity index (χ1v) is 7.55. The van der Waals surface area contributed by atoms with Gasteiger partial charge in [0, 0.05) is 6.54 Å². The van der Waals surface area contributed by atoms with E-state index < -0.39 is 0 Å². The average Bonchev–Trinajstić information content (AvgIpc) is 2.44. The number of nitrogens with one attached hydrogen (secondary N) is 1. The zero-order valence-corrected chi connectivity index (χ0v) is 12.5. The van der Waals surface area contributed by atoms with E-state index in [0.29, 0.717) is 5.17 Å². The molecule has 0 aromatic heterocycles. The fourth-order valence-electron chi connectivity index (χ4n) is 1.72. The second kappa shape index (κ2) is 8.57. The first-order valence-electron chi connectivity index (χ1n) is 6.32. The lowest BCUT2D eigenvalue weighted by Crippen LogP contribution is -2.21. The molecule has 0 spiro atoms. The smallest absolute Gasteiger partial charge is 0.183 e. The molecule has 1 N–H and O–H groups in total. The number of nitriles is 1. The Hall–Kier alpha value is -1.51. The van der Waals surface area contributed by atoms with Gasteiger partial charge >= 0.3 is 0 Å². The first-order chi connectivity index (χ1) is 9.23. The first kappa shape index (κ1) is 15.5. The Morgan fingerprint density at radius 3 is 2.74 bits per heavy atom.